The van der Waals surface area contributed by atoms with Crippen molar-refractivity contribution in [3.8, 4) is 0 Å². The topological polar surface area (TPSA) is 38.4 Å². The number of aliphatic imine (C=N–C) groups is 1. The van der Waals surface area contributed by atoms with Crippen molar-refractivity contribution in [2.75, 3.05) is 7.05 Å². The molecule has 2 heteroatoms. The van der Waals surface area contributed by atoms with Crippen molar-refractivity contribution in [3.05, 3.63) is 11.3 Å². The minimum absolute atomic E-state index is 0.634. The number of rotatable bonds is 3. The van der Waals surface area contributed by atoms with Crippen molar-refractivity contribution in [1.29, 1.82) is 0 Å². The molecule has 2 N–H and O–H groups in total. The largest absolute Gasteiger partial charge is 0.402 e. The van der Waals surface area contributed by atoms with Gasteiger partial charge in [-0.15, -0.1) is 0 Å². The van der Waals surface area contributed by atoms with Crippen molar-refractivity contribution < 1.29 is 0 Å². The Bertz CT molecular complexity index is 196. The minimum atomic E-state index is 0.634. The van der Waals surface area contributed by atoms with E-state index in [0.717, 1.165) is 17.8 Å². The van der Waals surface area contributed by atoms with Crippen LogP contribution in [0.3, 0.4) is 0 Å². The third kappa shape index (κ3) is 3.56. The van der Waals surface area contributed by atoms with Gasteiger partial charge in [-0.2, -0.15) is 0 Å². The van der Waals surface area contributed by atoms with Crippen molar-refractivity contribution in [2.24, 2.45) is 16.6 Å². The summed E-state index contributed by atoms with van der Waals surface area (Å²) < 4.78 is 0. The molecule has 0 saturated heterocycles. The van der Waals surface area contributed by atoms with E-state index in [2.05, 4.69) is 18.8 Å². The lowest BCUT2D eigenvalue weighted by Crippen LogP contribution is -2.08. The molecule has 0 spiro atoms. The quantitative estimate of drug-likeness (QED) is 0.645. The Hall–Kier alpha value is -0.790. The Morgan fingerprint density at radius 1 is 1.33 bits per heavy atom. The summed E-state index contributed by atoms with van der Waals surface area (Å²) in [5.74, 6) is 0.634. The van der Waals surface area contributed by atoms with E-state index >= 15 is 0 Å². The van der Waals surface area contributed by atoms with E-state index in [-0.39, 0.29) is 0 Å². The van der Waals surface area contributed by atoms with E-state index in [0.29, 0.717) is 5.92 Å². The Labute approximate surface area is 75.6 Å². The van der Waals surface area contributed by atoms with Crippen molar-refractivity contribution in [3.63, 3.8) is 0 Å². The molecule has 0 aromatic carbocycles. The molecule has 0 aromatic rings. The standard InChI is InChI=1S/C10H20N2/c1-7(2)6-10(8(3)11)9(4)12-5/h7H,6,11H2,1-5H3. The van der Waals surface area contributed by atoms with Crippen LogP contribution in [-0.4, -0.2) is 12.8 Å². The molecule has 0 aliphatic heterocycles. The van der Waals surface area contributed by atoms with Crippen molar-refractivity contribution in [1.82, 2.24) is 0 Å². The second-order valence-corrected chi connectivity index (χ2v) is 3.57. The third-order valence-electron chi connectivity index (χ3n) is 1.86. The van der Waals surface area contributed by atoms with Crippen molar-refractivity contribution in [2.45, 2.75) is 34.1 Å². The van der Waals surface area contributed by atoms with E-state index in [1.165, 1.54) is 5.57 Å². The maximum atomic E-state index is 5.76. The van der Waals surface area contributed by atoms with Crippen LogP contribution in [0.5, 0.6) is 0 Å². The molecular formula is C10H20N2. The van der Waals surface area contributed by atoms with Gasteiger partial charge in [-0.3, -0.25) is 4.99 Å². The third-order valence-corrected chi connectivity index (χ3v) is 1.86. The molecule has 0 aliphatic rings. The smallest absolute Gasteiger partial charge is 0.0362 e. The molecule has 0 radical (unpaired) electrons. The molecule has 0 amide bonds. The zero-order valence-electron chi connectivity index (χ0n) is 8.81. The van der Waals surface area contributed by atoms with E-state index in [1.54, 1.807) is 7.05 Å². The van der Waals surface area contributed by atoms with E-state index in [4.69, 9.17) is 5.73 Å². The lowest BCUT2D eigenvalue weighted by atomic mass is 9.98. The van der Waals surface area contributed by atoms with Crippen LogP contribution in [0.1, 0.15) is 34.1 Å². The SMILES string of the molecule is CN=C(C)C(CC(C)C)=C(C)N. The van der Waals surface area contributed by atoms with Gasteiger partial charge in [-0.25, -0.2) is 0 Å². The number of nitrogens with zero attached hydrogens (tertiary/aromatic N) is 1. The molecule has 0 aliphatic carbocycles. The lowest BCUT2D eigenvalue weighted by Gasteiger charge is -2.11. The minimum Gasteiger partial charge on any atom is -0.402 e. The molecular weight excluding hydrogens is 148 g/mol. The number of nitrogens with two attached hydrogens (primary N) is 1. The molecule has 0 saturated carbocycles. The highest BCUT2D eigenvalue weighted by atomic mass is 14.7. The van der Waals surface area contributed by atoms with Crippen LogP contribution in [0, 0.1) is 5.92 Å². The predicted octanol–water partition coefficient (Wildman–Crippen LogP) is 2.36. The molecule has 70 valence electrons. The first kappa shape index (κ1) is 11.2. The number of allylic oxidation sites excluding steroid dienone is 2. The Kier molecular flexibility index (Phi) is 4.64. The van der Waals surface area contributed by atoms with Gasteiger partial charge in [0.05, 0.1) is 0 Å². The van der Waals surface area contributed by atoms with Crippen LogP contribution in [0.25, 0.3) is 0 Å². The Morgan fingerprint density at radius 3 is 2.08 bits per heavy atom. The fourth-order valence-corrected chi connectivity index (χ4v) is 1.14. The van der Waals surface area contributed by atoms with Gasteiger partial charge in [0, 0.05) is 18.5 Å². The van der Waals surface area contributed by atoms with Gasteiger partial charge < -0.3 is 5.73 Å². The van der Waals surface area contributed by atoms with Crippen LogP contribution in [0.4, 0.5) is 0 Å². The molecule has 12 heavy (non-hydrogen) atoms. The highest BCUT2D eigenvalue weighted by molar-refractivity contribution is 5.98. The maximum absolute atomic E-state index is 5.76. The fourth-order valence-electron chi connectivity index (χ4n) is 1.14. The van der Waals surface area contributed by atoms with Gasteiger partial charge in [-0.05, 0) is 31.8 Å². The molecule has 0 bridgehead atoms. The summed E-state index contributed by atoms with van der Waals surface area (Å²) in [5.41, 5.74) is 8.92. The Balaban J connectivity index is 4.60. The zero-order valence-corrected chi connectivity index (χ0v) is 8.81. The number of hydrogen-bond acceptors (Lipinski definition) is 2. The highest BCUT2D eigenvalue weighted by Gasteiger charge is 2.06. The van der Waals surface area contributed by atoms with E-state index in [1.807, 2.05) is 13.8 Å². The molecule has 0 rings (SSSR count). The van der Waals surface area contributed by atoms with Crippen LogP contribution in [-0.2, 0) is 0 Å². The lowest BCUT2D eigenvalue weighted by molar-refractivity contribution is 0.649. The van der Waals surface area contributed by atoms with Crippen LogP contribution in [0.2, 0.25) is 0 Å². The van der Waals surface area contributed by atoms with Gasteiger partial charge >= 0.3 is 0 Å². The van der Waals surface area contributed by atoms with Gasteiger partial charge in [0.1, 0.15) is 0 Å². The average Bonchev–Trinajstić information content (AvgIpc) is 1.98. The first-order valence-corrected chi connectivity index (χ1v) is 4.38. The molecule has 2 nitrogen and oxygen atoms in total. The Morgan fingerprint density at radius 2 is 1.83 bits per heavy atom. The second-order valence-electron chi connectivity index (χ2n) is 3.57. The summed E-state index contributed by atoms with van der Waals surface area (Å²) in [6.45, 7) is 8.32. The summed E-state index contributed by atoms with van der Waals surface area (Å²) in [7, 11) is 1.80. The van der Waals surface area contributed by atoms with Crippen LogP contribution >= 0.6 is 0 Å². The maximum Gasteiger partial charge on any atom is 0.0362 e. The van der Waals surface area contributed by atoms with Gasteiger partial charge in [0.25, 0.3) is 0 Å². The summed E-state index contributed by atoms with van der Waals surface area (Å²) in [6, 6.07) is 0. The monoisotopic (exact) mass is 168 g/mol. The summed E-state index contributed by atoms with van der Waals surface area (Å²) in [5, 5.41) is 0. The van der Waals surface area contributed by atoms with Crippen LogP contribution in [0.15, 0.2) is 16.3 Å². The first-order valence-electron chi connectivity index (χ1n) is 4.38. The van der Waals surface area contributed by atoms with E-state index in [9.17, 15) is 0 Å². The second kappa shape index (κ2) is 4.96. The van der Waals surface area contributed by atoms with E-state index < -0.39 is 0 Å². The van der Waals surface area contributed by atoms with Gasteiger partial charge in [-0.1, -0.05) is 13.8 Å². The molecule has 0 atom stereocenters. The van der Waals surface area contributed by atoms with Gasteiger partial charge in [0.2, 0.25) is 0 Å². The molecule has 0 aromatic heterocycles. The zero-order chi connectivity index (χ0) is 9.72. The summed E-state index contributed by atoms with van der Waals surface area (Å²) in [4.78, 5) is 4.14. The predicted molar refractivity (Wildman–Crippen MR) is 55.4 cm³/mol. The molecule has 0 heterocycles. The summed E-state index contributed by atoms with van der Waals surface area (Å²) >= 11 is 0. The van der Waals surface area contributed by atoms with Crippen LogP contribution < -0.4 is 5.73 Å². The normalized spacial score (nSPS) is 15.0. The first-order chi connectivity index (χ1) is 5.49. The fraction of sp³-hybridized carbons (Fsp3) is 0.700. The van der Waals surface area contributed by atoms with Crippen molar-refractivity contribution >= 4 is 5.71 Å². The highest BCUT2D eigenvalue weighted by Crippen LogP contribution is 2.14. The average molecular weight is 168 g/mol. The molecule has 0 unspecified atom stereocenters. The number of hydrogen-bond donors (Lipinski definition) is 1. The molecule has 0 fully saturated rings. The summed E-state index contributed by atoms with van der Waals surface area (Å²) in [6.07, 6.45) is 1.02. The van der Waals surface area contributed by atoms with Gasteiger partial charge in [0.15, 0.2) is 0 Å².